The summed E-state index contributed by atoms with van der Waals surface area (Å²) < 4.78 is 5.10. The number of esters is 1. The molecule has 0 saturated carbocycles. The van der Waals surface area contributed by atoms with Gasteiger partial charge in [0.25, 0.3) is 0 Å². The van der Waals surface area contributed by atoms with Crippen LogP contribution in [0.3, 0.4) is 0 Å². The number of carbonyl (C=O) groups excluding carboxylic acids is 2. The summed E-state index contributed by atoms with van der Waals surface area (Å²) >= 11 is 0. The minimum absolute atomic E-state index is 0.0602. The fourth-order valence-corrected chi connectivity index (χ4v) is 1.74. The van der Waals surface area contributed by atoms with Gasteiger partial charge in [0.05, 0.1) is 5.92 Å². The molecule has 1 saturated heterocycles. The van der Waals surface area contributed by atoms with Gasteiger partial charge in [-0.15, -0.1) is 0 Å². The SMILES string of the molecule is C=C(C)COC(=O)C1CCN(C(C)=O)CC1. The molecule has 0 aromatic carbocycles. The molecule has 0 aliphatic carbocycles. The average molecular weight is 225 g/mol. The summed E-state index contributed by atoms with van der Waals surface area (Å²) in [6.45, 7) is 8.66. The Morgan fingerprint density at radius 2 is 1.88 bits per heavy atom. The topological polar surface area (TPSA) is 46.6 Å². The van der Waals surface area contributed by atoms with Crippen LogP contribution >= 0.6 is 0 Å². The molecule has 1 aliphatic rings. The highest BCUT2D eigenvalue weighted by molar-refractivity contribution is 5.75. The van der Waals surface area contributed by atoms with Gasteiger partial charge in [0.15, 0.2) is 0 Å². The maximum absolute atomic E-state index is 11.6. The first kappa shape index (κ1) is 12.7. The lowest BCUT2D eigenvalue weighted by molar-refractivity contribution is -0.150. The molecule has 0 aromatic heterocycles. The molecule has 0 aromatic rings. The minimum atomic E-state index is -0.161. The Morgan fingerprint density at radius 1 is 1.31 bits per heavy atom. The average Bonchev–Trinajstić information content (AvgIpc) is 2.26. The second-order valence-electron chi connectivity index (χ2n) is 4.35. The Balaban J connectivity index is 2.33. The van der Waals surface area contributed by atoms with E-state index < -0.39 is 0 Å². The summed E-state index contributed by atoms with van der Waals surface area (Å²) in [5.74, 6) is -0.144. The van der Waals surface area contributed by atoms with E-state index in [0.29, 0.717) is 32.5 Å². The van der Waals surface area contributed by atoms with E-state index in [2.05, 4.69) is 6.58 Å². The van der Waals surface area contributed by atoms with Crippen LogP contribution in [-0.4, -0.2) is 36.5 Å². The number of carbonyl (C=O) groups is 2. The van der Waals surface area contributed by atoms with E-state index in [1.165, 1.54) is 0 Å². The van der Waals surface area contributed by atoms with Crippen molar-refractivity contribution in [1.82, 2.24) is 4.90 Å². The molecule has 16 heavy (non-hydrogen) atoms. The molecule has 0 unspecified atom stereocenters. The van der Waals surface area contributed by atoms with Gasteiger partial charge in [0, 0.05) is 20.0 Å². The van der Waals surface area contributed by atoms with E-state index in [1.54, 1.807) is 11.8 Å². The van der Waals surface area contributed by atoms with E-state index in [-0.39, 0.29) is 17.8 Å². The minimum Gasteiger partial charge on any atom is -0.461 e. The van der Waals surface area contributed by atoms with Crippen LogP contribution in [0.4, 0.5) is 0 Å². The molecule has 0 N–H and O–H groups in total. The zero-order valence-electron chi connectivity index (χ0n) is 9.99. The van der Waals surface area contributed by atoms with Crippen LogP contribution in [0.2, 0.25) is 0 Å². The molecular formula is C12H19NO3. The molecule has 1 aliphatic heterocycles. The van der Waals surface area contributed by atoms with E-state index in [0.717, 1.165) is 5.57 Å². The van der Waals surface area contributed by atoms with Gasteiger partial charge in [0.2, 0.25) is 5.91 Å². The van der Waals surface area contributed by atoms with Crippen LogP contribution in [-0.2, 0) is 14.3 Å². The predicted molar refractivity (Wildman–Crippen MR) is 60.8 cm³/mol. The normalized spacial score (nSPS) is 17.0. The zero-order valence-corrected chi connectivity index (χ0v) is 9.99. The van der Waals surface area contributed by atoms with Crippen molar-refractivity contribution in [3.8, 4) is 0 Å². The lowest BCUT2D eigenvalue weighted by Crippen LogP contribution is -2.39. The van der Waals surface area contributed by atoms with Crippen LogP contribution < -0.4 is 0 Å². The molecule has 4 nitrogen and oxygen atoms in total. The Labute approximate surface area is 96.3 Å². The molecule has 1 amide bonds. The standard InChI is InChI=1S/C12H19NO3/c1-9(2)8-16-12(15)11-4-6-13(7-5-11)10(3)14/h11H,1,4-8H2,2-3H3. The largest absolute Gasteiger partial charge is 0.461 e. The van der Waals surface area contributed by atoms with Gasteiger partial charge in [0.1, 0.15) is 6.61 Å². The Kier molecular flexibility index (Phi) is 4.52. The van der Waals surface area contributed by atoms with Crippen molar-refractivity contribution in [2.75, 3.05) is 19.7 Å². The quantitative estimate of drug-likeness (QED) is 0.538. The number of ether oxygens (including phenoxy) is 1. The molecule has 0 atom stereocenters. The van der Waals surface area contributed by atoms with Crippen molar-refractivity contribution in [1.29, 1.82) is 0 Å². The molecular weight excluding hydrogens is 206 g/mol. The van der Waals surface area contributed by atoms with Gasteiger partial charge in [-0.2, -0.15) is 0 Å². The number of nitrogens with zero attached hydrogens (tertiary/aromatic N) is 1. The second-order valence-corrected chi connectivity index (χ2v) is 4.35. The highest BCUT2D eigenvalue weighted by atomic mass is 16.5. The Hall–Kier alpha value is -1.32. The third-order valence-electron chi connectivity index (χ3n) is 2.73. The Bertz CT molecular complexity index is 291. The maximum atomic E-state index is 11.6. The van der Waals surface area contributed by atoms with Crippen molar-refractivity contribution < 1.29 is 14.3 Å². The van der Waals surface area contributed by atoms with E-state index in [9.17, 15) is 9.59 Å². The smallest absolute Gasteiger partial charge is 0.309 e. The molecule has 1 fully saturated rings. The molecule has 90 valence electrons. The second kappa shape index (κ2) is 5.68. The molecule has 0 spiro atoms. The van der Waals surface area contributed by atoms with Gasteiger partial charge in [-0.25, -0.2) is 0 Å². The van der Waals surface area contributed by atoms with Crippen molar-refractivity contribution in [3.05, 3.63) is 12.2 Å². The lowest BCUT2D eigenvalue weighted by atomic mass is 9.97. The highest BCUT2D eigenvalue weighted by Gasteiger charge is 2.26. The van der Waals surface area contributed by atoms with Gasteiger partial charge >= 0.3 is 5.97 Å². The monoisotopic (exact) mass is 225 g/mol. The number of rotatable bonds is 3. The fraction of sp³-hybridized carbons (Fsp3) is 0.667. The van der Waals surface area contributed by atoms with Crippen molar-refractivity contribution >= 4 is 11.9 Å². The number of hydrogen-bond donors (Lipinski definition) is 0. The fourth-order valence-electron chi connectivity index (χ4n) is 1.74. The maximum Gasteiger partial charge on any atom is 0.309 e. The van der Waals surface area contributed by atoms with Gasteiger partial charge in [-0.3, -0.25) is 9.59 Å². The summed E-state index contributed by atoms with van der Waals surface area (Å²) in [4.78, 5) is 24.5. The van der Waals surface area contributed by atoms with E-state index >= 15 is 0 Å². The van der Waals surface area contributed by atoms with Gasteiger partial charge in [-0.05, 0) is 25.3 Å². The molecule has 4 heteroatoms. The third kappa shape index (κ3) is 3.68. The number of piperidine rings is 1. The first-order valence-corrected chi connectivity index (χ1v) is 5.57. The Morgan fingerprint density at radius 3 is 2.31 bits per heavy atom. The van der Waals surface area contributed by atoms with Crippen molar-refractivity contribution in [2.24, 2.45) is 5.92 Å². The van der Waals surface area contributed by atoms with Gasteiger partial charge < -0.3 is 9.64 Å². The molecule has 0 bridgehead atoms. The van der Waals surface area contributed by atoms with E-state index in [1.807, 2.05) is 6.92 Å². The van der Waals surface area contributed by atoms with Gasteiger partial charge in [-0.1, -0.05) is 6.58 Å². The van der Waals surface area contributed by atoms with Crippen molar-refractivity contribution in [3.63, 3.8) is 0 Å². The summed E-state index contributed by atoms with van der Waals surface area (Å²) in [5.41, 5.74) is 0.842. The first-order valence-electron chi connectivity index (χ1n) is 5.57. The van der Waals surface area contributed by atoms with Crippen LogP contribution in [0, 0.1) is 5.92 Å². The molecule has 1 heterocycles. The number of likely N-dealkylation sites (tertiary alicyclic amines) is 1. The van der Waals surface area contributed by atoms with Crippen molar-refractivity contribution in [2.45, 2.75) is 26.7 Å². The van der Waals surface area contributed by atoms with E-state index in [4.69, 9.17) is 4.74 Å². The predicted octanol–water partition coefficient (Wildman–Crippen LogP) is 1.36. The summed E-state index contributed by atoms with van der Waals surface area (Å²) in [6.07, 6.45) is 1.41. The number of amides is 1. The first-order chi connectivity index (χ1) is 7.50. The summed E-state index contributed by atoms with van der Waals surface area (Å²) in [6, 6.07) is 0. The van der Waals surface area contributed by atoms with Crippen LogP contribution in [0.25, 0.3) is 0 Å². The lowest BCUT2D eigenvalue weighted by Gasteiger charge is -2.30. The molecule has 1 rings (SSSR count). The molecule has 0 radical (unpaired) electrons. The van der Waals surface area contributed by atoms with Crippen LogP contribution in [0.1, 0.15) is 26.7 Å². The summed E-state index contributed by atoms with van der Waals surface area (Å²) in [7, 11) is 0. The van der Waals surface area contributed by atoms with Crippen LogP contribution in [0.5, 0.6) is 0 Å². The third-order valence-corrected chi connectivity index (χ3v) is 2.73. The highest BCUT2D eigenvalue weighted by Crippen LogP contribution is 2.18. The van der Waals surface area contributed by atoms with Crippen LogP contribution in [0.15, 0.2) is 12.2 Å². The zero-order chi connectivity index (χ0) is 12.1. The number of hydrogen-bond acceptors (Lipinski definition) is 3. The summed E-state index contributed by atoms with van der Waals surface area (Å²) in [5, 5.41) is 0.